The van der Waals surface area contributed by atoms with E-state index in [2.05, 4.69) is 0 Å². The molecule has 5 heteroatoms. The van der Waals surface area contributed by atoms with E-state index in [-0.39, 0.29) is 11.7 Å². The highest BCUT2D eigenvalue weighted by Gasteiger charge is 2.31. The predicted octanol–water partition coefficient (Wildman–Crippen LogP) is 3.58. The van der Waals surface area contributed by atoms with Gasteiger partial charge >= 0.3 is 0 Å². The number of carbonyl (C=O) groups is 1. The van der Waals surface area contributed by atoms with Gasteiger partial charge in [-0.25, -0.2) is 8.42 Å². The van der Waals surface area contributed by atoms with Crippen LogP contribution in [0.3, 0.4) is 0 Å². The maximum Gasteiger partial charge on any atom is 0.227 e. The van der Waals surface area contributed by atoms with Gasteiger partial charge in [0.25, 0.3) is 0 Å². The lowest BCUT2D eigenvalue weighted by Crippen LogP contribution is -2.41. The summed E-state index contributed by atoms with van der Waals surface area (Å²) in [6.07, 6.45) is 2.58. The molecule has 0 aliphatic carbocycles. The Kier molecular flexibility index (Phi) is 5.28. The number of sulfone groups is 1. The molecule has 2 aromatic carbocycles. The molecule has 1 aliphatic rings. The fraction of sp³-hybridized carbons (Fsp3) is 0.286. The van der Waals surface area contributed by atoms with Crippen molar-refractivity contribution >= 4 is 21.4 Å². The summed E-state index contributed by atoms with van der Waals surface area (Å²) in [6.45, 7) is 4.01. The van der Waals surface area contributed by atoms with Gasteiger partial charge in [-0.15, -0.1) is 0 Å². The second kappa shape index (κ2) is 7.46. The van der Waals surface area contributed by atoms with E-state index in [1.807, 2.05) is 62.4 Å². The molecule has 0 aromatic heterocycles. The van der Waals surface area contributed by atoms with Gasteiger partial charge in [0.1, 0.15) is 0 Å². The highest BCUT2D eigenvalue weighted by atomic mass is 32.2. The van der Waals surface area contributed by atoms with Crippen LogP contribution in [0.4, 0.5) is 5.69 Å². The first-order chi connectivity index (χ1) is 12.4. The van der Waals surface area contributed by atoms with Crippen LogP contribution in [0.1, 0.15) is 23.1 Å². The number of carbonyl (C=O) groups excluding carboxylic acids is 1. The zero-order valence-electron chi connectivity index (χ0n) is 15.1. The minimum absolute atomic E-state index is 0.0585. The summed E-state index contributed by atoms with van der Waals surface area (Å²) in [4.78, 5) is 14.6. The van der Waals surface area contributed by atoms with Crippen molar-refractivity contribution in [1.29, 1.82) is 0 Å². The molecule has 0 saturated carbocycles. The third-order valence-corrected chi connectivity index (χ3v) is 6.13. The van der Waals surface area contributed by atoms with Crippen molar-refractivity contribution in [1.82, 2.24) is 0 Å². The summed E-state index contributed by atoms with van der Waals surface area (Å²) in [6, 6.07) is 15.2. The van der Waals surface area contributed by atoms with Gasteiger partial charge in [0.05, 0.1) is 11.8 Å². The second-order valence-corrected chi connectivity index (χ2v) is 8.67. The molecule has 0 saturated heterocycles. The first-order valence-corrected chi connectivity index (χ1v) is 10.4. The van der Waals surface area contributed by atoms with E-state index in [1.165, 1.54) is 5.41 Å². The van der Waals surface area contributed by atoms with Gasteiger partial charge in [-0.05, 0) is 55.2 Å². The first-order valence-electron chi connectivity index (χ1n) is 8.70. The summed E-state index contributed by atoms with van der Waals surface area (Å²) < 4.78 is 23.7. The standard InChI is InChI=1S/C21H23NO3S/c1-16-8-10-19(14-17(16)2)22(20-12-13-26(24,25)15-20)21(23)11-9-18-6-4-3-5-7-18/h3-8,10,12-14,20H,9,11,15H2,1-2H3/t20-/m1/s1. The van der Waals surface area contributed by atoms with Crippen molar-refractivity contribution in [2.45, 2.75) is 32.7 Å². The van der Waals surface area contributed by atoms with Crippen LogP contribution in [0.5, 0.6) is 0 Å². The van der Waals surface area contributed by atoms with Crippen molar-refractivity contribution in [3.8, 4) is 0 Å². The third-order valence-electron chi connectivity index (χ3n) is 4.75. The molecule has 0 spiro atoms. The smallest absolute Gasteiger partial charge is 0.227 e. The Morgan fingerprint density at radius 2 is 1.81 bits per heavy atom. The normalized spacial score (nSPS) is 18.0. The van der Waals surface area contributed by atoms with Crippen LogP contribution >= 0.6 is 0 Å². The molecule has 1 amide bonds. The highest BCUT2D eigenvalue weighted by Crippen LogP contribution is 2.26. The zero-order valence-corrected chi connectivity index (χ0v) is 15.9. The van der Waals surface area contributed by atoms with Crippen LogP contribution in [0.15, 0.2) is 60.0 Å². The minimum Gasteiger partial charge on any atom is -0.304 e. The fourth-order valence-corrected chi connectivity index (χ4v) is 4.40. The van der Waals surface area contributed by atoms with E-state index in [4.69, 9.17) is 0 Å². The van der Waals surface area contributed by atoms with Crippen LogP contribution in [0.2, 0.25) is 0 Å². The van der Waals surface area contributed by atoms with Crippen LogP contribution in [-0.2, 0) is 21.1 Å². The van der Waals surface area contributed by atoms with E-state index in [1.54, 1.807) is 11.0 Å². The molecule has 1 aliphatic heterocycles. The lowest BCUT2D eigenvalue weighted by molar-refractivity contribution is -0.118. The molecule has 0 radical (unpaired) electrons. The van der Waals surface area contributed by atoms with E-state index in [9.17, 15) is 13.2 Å². The second-order valence-electron chi connectivity index (χ2n) is 6.74. The Hall–Kier alpha value is -2.40. The van der Waals surface area contributed by atoms with Crippen LogP contribution < -0.4 is 4.90 Å². The van der Waals surface area contributed by atoms with E-state index in [0.717, 1.165) is 22.4 Å². The maximum atomic E-state index is 13.0. The van der Waals surface area contributed by atoms with E-state index >= 15 is 0 Å². The average Bonchev–Trinajstić information content (AvgIpc) is 2.97. The number of anilines is 1. The van der Waals surface area contributed by atoms with Gasteiger partial charge in [0.2, 0.25) is 5.91 Å². The Labute approximate surface area is 155 Å². The quantitative estimate of drug-likeness (QED) is 0.809. The number of rotatable bonds is 5. The van der Waals surface area contributed by atoms with Crippen LogP contribution in [0, 0.1) is 13.8 Å². The van der Waals surface area contributed by atoms with Crippen molar-refractivity contribution in [3.63, 3.8) is 0 Å². The summed E-state index contributed by atoms with van der Waals surface area (Å²) in [5, 5.41) is 1.22. The first kappa shape index (κ1) is 18.4. The number of nitrogens with zero attached hydrogens (tertiary/aromatic N) is 1. The summed E-state index contributed by atoms with van der Waals surface area (Å²) >= 11 is 0. The SMILES string of the molecule is Cc1ccc(N(C(=O)CCc2ccccc2)[C@@H]2C=CS(=O)(=O)C2)cc1C. The largest absolute Gasteiger partial charge is 0.304 e. The molecule has 26 heavy (non-hydrogen) atoms. The topological polar surface area (TPSA) is 54.5 Å². The molecule has 0 bridgehead atoms. The molecule has 0 fully saturated rings. The molecule has 4 nitrogen and oxygen atoms in total. The zero-order chi connectivity index (χ0) is 18.7. The molecule has 3 rings (SSSR count). The van der Waals surface area contributed by atoms with Gasteiger partial charge in [0, 0.05) is 17.5 Å². The van der Waals surface area contributed by atoms with Crippen molar-refractivity contribution in [3.05, 3.63) is 76.7 Å². The van der Waals surface area contributed by atoms with Gasteiger partial charge in [-0.1, -0.05) is 36.4 Å². The molecule has 0 unspecified atom stereocenters. The monoisotopic (exact) mass is 369 g/mol. The van der Waals surface area contributed by atoms with E-state index in [0.29, 0.717) is 12.8 Å². The lowest BCUT2D eigenvalue weighted by Gasteiger charge is -2.28. The number of hydrogen-bond donors (Lipinski definition) is 0. The number of benzene rings is 2. The van der Waals surface area contributed by atoms with Crippen LogP contribution in [-0.4, -0.2) is 26.1 Å². The number of hydrogen-bond acceptors (Lipinski definition) is 3. The molecule has 1 atom stereocenters. The van der Waals surface area contributed by atoms with Gasteiger partial charge in [0.15, 0.2) is 9.84 Å². The summed E-state index contributed by atoms with van der Waals surface area (Å²) in [7, 11) is -3.24. The van der Waals surface area contributed by atoms with Gasteiger partial charge in [-0.2, -0.15) is 0 Å². The third kappa shape index (κ3) is 4.22. The molecule has 1 heterocycles. The average molecular weight is 369 g/mol. The van der Waals surface area contributed by atoms with Crippen LogP contribution in [0.25, 0.3) is 0 Å². The molecular weight excluding hydrogens is 346 g/mol. The van der Waals surface area contributed by atoms with Gasteiger partial charge in [-0.3, -0.25) is 4.79 Å². The number of amides is 1. The molecule has 0 N–H and O–H groups in total. The summed E-state index contributed by atoms with van der Waals surface area (Å²) in [5.74, 6) is -0.124. The van der Waals surface area contributed by atoms with Crippen molar-refractivity contribution in [2.24, 2.45) is 0 Å². The van der Waals surface area contributed by atoms with E-state index < -0.39 is 15.9 Å². The highest BCUT2D eigenvalue weighted by molar-refractivity contribution is 7.94. The predicted molar refractivity (Wildman–Crippen MR) is 105 cm³/mol. The lowest BCUT2D eigenvalue weighted by atomic mass is 10.1. The molecule has 136 valence electrons. The Bertz CT molecular complexity index is 933. The Morgan fingerprint density at radius 1 is 1.08 bits per heavy atom. The Morgan fingerprint density at radius 3 is 2.42 bits per heavy atom. The van der Waals surface area contributed by atoms with Crippen molar-refractivity contribution in [2.75, 3.05) is 10.7 Å². The Balaban J connectivity index is 1.86. The molecule has 2 aromatic rings. The fourth-order valence-electron chi connectivity index (χ4n) is 3.13. The molecular formula is C21H23NO3S. The maximum absolute atomic E-state index is 13.0. The number of aryl methyl sites for hydroxylation is 3. The summed E-state index contributed by atoms with van der Waals surface area (Å²) in [5.41, 5.74) is 4.06. The van der Waals surface area contributed by atoms with Crippen molar-refractivity contribution < 1.29 is 13.2 Å². The minimum atomic E-state index is -3.24. The van der Waals surface area contributed by atoms with Gasteiger partial charge < -0.3 is 4.90 Å².